The van der Waals surface area contributed by atoms with Gasteiger partial charge >= 0.3 is 0 Å². The maximum Gasteiger partial charge on any atom is 0.296 e. The zero-order chi connectivity index (χ0) is 20.5. The van der Waals surface area contributed by atoms with E-state index in [4.69, 9.17) is 10.8 Å². The Labute approximate surface area is 162 Å². The van der Waals surface area contributed by atoms with Crippen LogP contribution in [0.15, 0.2) is 64.4 Å². The SMILES string of the molecule is Nc1c(S(=O)(=O)O)cc(Nc2ccc(S(=O)(=O)CCO)cc2)c2ccccc12. The smallest absolute Gasteiger partial charge is 0.296 e. The Morgan fingerprint density at radius 3 is 2.11 bits per heavy atom. The summed E-state index contributed by atoms with van der Waals surface area (Å²) >= 11 is 0. The average Bonchev–Trinajstić information content (AvgIpc) is 2.63. The van der Waals surface area contributed by atoms with E-state index in [9.17, 15) is 21.4 Å². The van der Waals surface area contributed by atoms with Crippen LogP contribution < -0.4 is 11.1 Å². The molecule has 0 fully saturated rings. The quantitative estimate of drug-likeness (QED) is 0.349. The molecular weight excluding hydrogens is 404 g/mol. The molecule has 0 unspecified atom stereocenters. The van der Waals surface area contributed by atoms with Gasteiger partial charge in [0.25, 0.3) is 10.1 Å². The first kappa shape index (κ1) is 20.1. The second-order valence-corrected chi connectivity index (χ2v) is 9.55. The van der Waals surface area contributed by atoms with E-state index in [2.05, 4.69) is 5.32 Å². The predicted molar refractivity (Wildman–Crippen MR) is 107 cm³/mol. The fourth-order valence-corrected chi connectivity index (χ4v) is 4.51. The van der Waals surface area contributed by atoms with E-state index >= 15 is 0 Å². The molecule has 0 spiro atoms. The van der Waals surface area contributed by atoms with Crippen molar-refractivity contribution in [3.8, 4) is 0 Å². The van der Waals surface area contributed by atoms with Gasteiger partial charge in [-0.05, 0) is 30.3 Å². The van der Waals surface area contributed by atoms with Crippen LogP contribution in [-0.2, 0) is 20.0 Å². The molecule has 10 heteroatoms. The summed E-state index contributed by atoms with van der Waals surface area (Å²) < 4.78 is 56.8. The fraction of sp³-hybridized carbons (Fsp3) is 0.111. The molecule has 3 aromatic rings. The van der Waals surface area contributed by atoms with Crippen molar-refractivity contribution in [2.45, 2.75) is 9.79 Å². The van der Waals surface area contributed by atoms with Gasteiger partial charge in [0.2, 0.25) is 0 Å². The molecule has 0 aliphatic rings. The molecule has 3 aromatic carbocycles. The van der Waals surface area contributed by atoms with Gasteiger partial charge in [0, 0.05) is 22.1 Å². The number of sulfone groups is 1. The Morgan fingerprint density at radius 1 is 0.929 bits per heavy atom. The van der Waals surface area contributed by atoms with E-state index in [0.717, 1.165) is 0 Å². The van der Waals surface area contributed by atoms with Crippen LogP contribution in [0.4, 0.5) is 17.1 Å². The normalized spacial score (nSPS) is 12.2. The van der Waals surface area contributed by atoms with Crippen molar-refractivity contribution in [2.24, 2.45) is 0 Å². The summed E-state index contributed by atoms with van der Waals surface area (Å²) in [5, 5.41) is 13.0. The summed E-state index contributed by atoms with van der Waals surface area (Å²) in [7, 11) is -8.11. The lowest BCUT2D eigenvalue weighted by atomic mass is 10.1. The van der Waals surface area contributed by atoms with E-state index in [0.29, 0.717) is 22.1 Å². The molecule has 0 amide bonds. The van der Waals surface area contributed by atoms with Gasteiger partial charge < -0.3 is 16.2 Å². The van der Waals surface area contributed by atoms with E-state index in [1.165, 1.54) is 30.3 Å². The topological polar surface area (TPSA) is 147 Å². The third-order valence-electron chi connectivity index (χ3n) is 4.18. The van der Waals surface area contributed by atoms with Gasteiger partial charge in [0.15, 0.2) is 9.84 Å². The minimum absolute atomic E-state index is 0.0610. The monoisotopic (exact) mass is 422 g/mol. The van der Waals surface area contributed by atoms with Crippen LogP contribution in [0.1, 0.15) is 0 Å². The number of anilines is 3. The van der Waals surface area contributed by atoms with Gasteiger partial charge in [-0.25, -0.2) is 8.42 Å². The zero-order valence-corrected chi connectivity index (χ0v) is 16.2. The fourth-order valence-electron chi connectivity index (χ4n) is 2.83. The lowest BCUT2D eigenvalue weighted by Crippen LogP contribution is -2.10. The second-order valence-electron chi connectivity index (χ2n) is 6.05. The largest absolute Gasteiger partial charge is 0.397 e. The van der Waals surface area contributed by atoms with Crippen LogP contribution in [-0.4, -0.2) is 38.9 Å². The summed E-state index contributed by atoms with van der Waals surface area (Å²) in [4.78, 5) is -0.358. The Bertz CT molecular complexity index is 1240. The van der Waals surface area contributed by atoms with Crippen molar-refractivity contribution in [3.63, 3.8) is 0 Å². The minimum Gasteiger partial charge on any atom is -0.397 e. The number of hydrogen-bond acceptors (Lipinski definition) is 7. The molecule has 28 heavy (non-hydrogen) atoms. The highest BCUT2D eigenvalue weighted by Crippen LogP contribution is 2.35. The third-order valence-corrected chi connectivity index (χ3v) is 6.78. The highest BCUT2D eigenvalue weighted by Gasteiger charge is 2.19. The van der Waals surface area contributed by atoms with Crippen LogP contribution in [0, 0.1) is 0 Å². The lowest BCUT2D eigenvalue weighted by Gasteiger charge is -2.14. The molecule has 0 bridgehead atoms. The summed E-state index contributed by atoms with van der Waals surface area (Å²) in [6, 6.07) is 13.8. The summed E-state index contributed by atoms with van der Waals surface area (Å²) in [5.41, 5.74) is 6.73. The minimum atomic E-state index is -4.54. The number of benzene rings is 3. The van der Waals surface area contributed by atoms with Crippen molar-refractivity contribution >= 4 is 47.8 Å². The van der Waals surface area contributed by atoms with Crippen LogP contribution in [0.25, 0.3) is 10.8 Å². The number of nitrogens with two attached hydrogens (primary N) is 1. The number of aliphatic hydroxyl groups excluding tert-OH is 1. The molecule has 0 radical (unpaired) electrons. The van der Waals surface area contributed by atoms with Gasteiger partial charge in [0.1, 0.15) is 4.90 Å². The summed E-state index contributed by atoms with van der Waals surface area (Å²) in [6.07, 6.45) is 0. The maximum atomic E-state index is 12.0. The molecule has 0 aromatic heterocycles. The van der Waals surface area contributed by atoms with Gasteiger partial charge in [-0.2, -0.15) is 8.42 Å². The Morgan fingerprint density at radius 2 is 1.54 bits per heavy atom. The highest BCUT2D eigenvalue weighted by molar-refractivity contribution is 7.91. The van der Waals surface area contributed by atoms with Crippen molar-refractivity contribution in [1.82, 2.24) is 0 Å². The molecular formula is C18H18N2O6S2. The number of nitrogen functional groups attached to an aromatic ring is 1. The first-order valence-corrected chi connectivity index (χ1v) is 11.2. The van der Waals surface area contributed by atoms with E-state index in [-0.39, 0.29) is 16.3 Å². The second kappa shape index (κ2) is 7.40. The standard InChI is InChI=1S/C18H18N2O6S2/c19-18-15-4-2-1-3-14(15)16(11-17(18)28(24,25)26)20-12-5-7-13(8-6-12)27(22,23)10-9-21/h1-8,11,20-21H,9-10,19H2,(H,24,25,26). The molecule has 0 atom stereocenters. The summed E-state index contributed by atoms with van der Waals surface area (Å²) in [6.45, 7) is -0.474. The first-order valence-electron chi connectivity index (χ1n) is 8.13. The maximum absolute atomic E-state index is 12.0. The molecule has 3 rings (SSSR count). The number of nitrogens with one attached hydrogen (secondary N) is 1. The van der Waals surface area contributed by atoms with E-state index in [1.54, 1.807) is 24.3 Å². The van der Waals surface area contributed by atoms with Gasteiger partial charge in [-0.15, -0.1) is 0 Å². The van der Waals surface area contributed by atoms with E-state index in [1.807, 2.05) is 0 Å². The van der Waals surface area contributed by atoms with Gasteiger partial charge in [-0.1, -0.05) is 24.3 Å². The van der Waals surface area contributed by atoms with Crippen molar-refractivity contribution in [1.29, 1.82) is 0 Å². The van der Waals surface area contributed by atoms with Crippen LogP contribution in [0.3, 0.4) is 0 Å². The van der Waals surface area contributed by atoms with Crippen LogP contribution in [0.2, 0.25) is 0 Å². The molecule has 8 nitrogen and oxygen atoms in total. The van der Waals surface area contributed by atoms with Gasteiger partial charge in [-0.3, -0.25) is 4.55 Å². The summed E-state index contributed by atoms with van der Waals surface area (Å²) in [5.74, 6) is -0.375. The molecule has 148 valence electrons. The first-order chi connectivity index (χ1) is 13.1. The lowest BCUT2D eigenvalue weighted by molar-refractivity contribution is 0.319. The average molecular weight is 422 g/mol. The highest BCUT2D eigenvalue weighted by atomic mass is 32.2. The van der Waals surface area contributed by atoms with E-state index < -0.39 is 31.5 Å². The Hall–Kier alpha value is -2.66. The zero-order valence-electron chi connectivity index (χ0n) is 14.5. The molecule has 0 aliphatic carbocycles. The number of hydrogen-bond donors (Lipinski definition) is 4. The van der Waals surface area contributed by atoms with Crippen molar-refractivity contribution in [2.75, 3.05) is 23.4 Å². The van der Waals surface area contributed by atoms with Crippen molar-refractivity contribution < 1.29 is 26.5 Å². The molecule has 0 saturated carbocycles. The number of aliphatic hydroxyl groups is 1. The van der Waals surface area contributed by atoms with Crippen LogP contribution >= 0.6 is 0 Å². The number of rotatable bonds is 6. The third kappa shape index (κ3) is 3.94. The Balaban J connectivity index is 2.07. The molecule has 0 heterocycles. The predicted octanol–water partition coefficient (Wildman–Crippen LogP) is 2.18. The number of fused-ring (bicyclic) bond motifs is 1. The molecule has 0 saturated heterocycles. The van der Waals surface area contributed by atoms with Crippen molar-refractivity contribution in [3.05, 3.63) is 54.6 Å². The molecule has 5 N–H and O–H groups in total. The molecule has 0 aliphatic heterocycles. The van der Waals surface area contributed by atoms with Crippen LogP contribution in [0.5, 0.6) is 0 Å². The van der Waals surface area contributed by atoms with Gasteiger partial charge in [0.05, 0.1) is 22.9 Å². The Kier molecular flexibility index (Phi) is 5.31.